The van der Waals surface area contributed by atoms with Crippen LogP contribution in [0.1, 0.15) is 15.9 Å². The van der Waals surface area contributed by atoms with Crippen molar-refractivity contribution in [2.24, 2.45) is 5.14 Å². The van der Waals surface area contributed by atoms with E-state index in [1.807, 2.05) is 36.4 Å². The first-order valence-electron chi connectivity index (χ1n) is 8.53. The van der Waals surface area contributed by atoms with E-state index in [4.69, 9.17) is 14.6 Å². The summed E-state index contributed by atoms with van der Waals surface area (Å²) in [5.74, 6) is 0.457. The van der Waals surface area contributed by atoms with Gasteiger partial charge in [0.15, 0.2) is 0 Å². The van der Waals surface area contributed by atoms with E-state index in [-0.39, 0.29) is 10.5 Å². The van der Waals surface area contributed by atoms with E-state index in [9.17, 15) is 13.2 Å². The summed E-state index contributed by atoms with van der Waals surface area (Å²) in [6.45, 7) is 0.345. The second kappa shape index (κ2) is 8.72. The first kappa shape index (κ1) is 20.3. The summed E-state index contributed by atoms with van der Waals surface area (Å²) in [6.07, 6.45) is 1.64. The lowest BCUT2D eigenvalue weighted by Gasteiger charge is -2.12. The Labute approximate surface area is 168 Å². The van der Waals surface area contributed by atoms with Crippen molar-refractivity contribution in [2.75, 3.05) is 12.4 Å². The van der Waals surface area contributed by atoms with Crippen LogP contribution in [0.3, 0.4) is 0 Å². The number of rotatable bonds is 7. The van der Waals surface area contributed by atoms with Crippen molar-refractivity contribution in [3.05, 3.63) is 78.0 Å². The lowest BCUT2D eigenvalue weighted by molar-refractivity contribution is 0.0601. The van der Waals surface area contributed by atoms with Crippen molar-refractivity contribution >= 4 is 21.7 Å². The van der Waals surface area contributed by atoms with Gasteiger partial charge in [-0.15, -0.1) is 0 Å². The predicted octanol–water partition coefficient (Wildman–Crippen LogP) is 2.92. The first-order chi connectivity index (χ1) is 13.9. The van der Waals surface area contributed by atoms with Crippen LogP contribution in [0.4, 0.5) is 5.69 Å². The van der Waals surface area contributed by atoms with Gasteiger partial charge in [0.1, 0.15) is 5.75 Å². The van der Waals surface area contributed by atoms with Crippen molar-refractivity contribution in [3.8, 4) is 11.6 Å². The van der Waals surface area contributed by atoms with Crippen LogP contribution in [0.5, 0.6) is 11.6 Å². The van der Waals surface area contributed by atoms with E-state index in [1.54, 1.807) is 12.3 Å². The number of hydrogen-bond acceptors (Lipinski definition) is 7. The number of hydrogen-bond donors (Lipinski definition) is 2. The molecule has 0 aliphatic heterocycles. The number of para-hydroxylation sites is 1. The normalized spacial score (nSPS) is 11.0. The number of esters is 1. The number of methoxy groups -OCH3 is 1. The maximum Gasteiger partial charge on any atom is 0.340 e. The molecule has 0 saturated heterocycles. The smallest absolute Gasteiger partial charge is 0.340 e. The fraction of sp³-hybridized carbons (Fsp3) is 0.100. The standard InChI is InChI=1S/C20H19N3O5S/c1-27-20(24)17-11-16(29(21,25)26)8-9-18(17)22-12-14-7-10-19(23-13-14)28-15-5-3-2-4-6-15/h2-11,13,22H,12H2,1H3,(H2,21,25,26). The highest BCUT2D eigenvalue weighted by molar-refractivity contribution is 7.89. The Morgan fingerprint density at radius 3 is 2.48 bits per heavy atom. The molecule has 0 fully saturated rings. The Kier molecular flexibility index (Phi) is 6.10. The average molecular weight is 413 g/mol. The summed E-state index contributed by atoms with van der Waals surface area (Å²) < 4.78 is 33.4. The molecule has 3 aromatic rings. The topological polar surface area (TPSA) is 121 Å². The van der Waals surface area contributed by atoms with Gasteiger partial charge in [0, 0.05) is 24.5 Å². The van der Waals surface area contributed by atoms with Crippen LogP contribution in [-0.2, 0) is 21.3 Å². The highest BCUT2D eigenvalue weighted by atomic mass is 32.2. The second-order valence-corrected chi connectivity index (χ2v) is 7.58. The van der Waals surface area contributed by atoms with E-state index in [1.165, 1.54) is 25.3 Å². The number of anilines is 1. The van der Waals surface area contributed by atoms with Crippen molar-refractivity contribution in [1.29, 1.82) is 0 Å². The summed E-state index contributed by atoms with van der Waals surface area (Å²) in [4.78, 5) is 16.1. The van der Waals surface area contributed by atoms with Crippen LogP contribution < -0.4 is 15.2 Å². The quantitative estimate of drug-likeness (QED) is 0.571. The zero-order valence-corrected chi connectivity index (χ0v) is 16.3. The van der Waals surface area contributed by atoms with Gasteiger partial charge in [0.2, 0.25) is 15.9 Å². The van der Waals surface area contributed by atoms with Gasteiger partial charge in [-0.1, -0.05) is 24.3 Å². The molecule has 29 heavy (non-hydrogen) atoms. The maximum absolute atomic E-state index is 12.0. The summed E-state index contributed by atoms with van der Waals surface area (Å²) >= 11 is 0. The molecular formula is C20H19N3O5S. The van der Waals surface area contributed by atoms with Crippen LogP contribution in [0.2, 0.25) is 0 Å². The zero-order valence-electron chi connectivity index (χ0n) is 15.5. The van der Waals surface area contributed by atoms with Crippen LogP contribution in [0.15, 0.2) is 71.8 Å². The van der Waals surface area contributed by atoms with Crippen molar-refractivity contribution in [2.45, 2.75) is 11.4 Å². The van der Waals surface area contributed by atoms with Gasteiger partial charge in [0.05, 0.1) is 17.6 Å². The fourth-order valence-electron chi connectivity index (χ4n) is 2.52. The molecule has 0 aliphatic carbocycles. The molecule has 2 aromatic carbocycles. The van der Waals surface area contributed by atoms with Crippen LogP contribution in [0.25, 0.3) is 0 Å². The minimum atomic E-state index is -3.94. The molecule has 0 atom stereocenters. The Morgan fingerprint density at radius 2 is 1.86 bits per heavy atom. The molecule has 0 amide bonds. The van der Waals surface area contributed by atoms with Gasteiger partial charge in [0.25, 0.3) is 0 Å². The van der Waals surface area contributed by atoms with Gasteiger partial charge in [-0.2, -0.15) is 0 Å². The zero-order chi connectivity index (χ0) is 20.9. The Balaban J connectivity index is 1.73. The maximum atomic E-state index is 12.0. The number of nitrogens with zero attached hydrogens (tertiary/aromatic N) is 1. The molecule has 0 bridgehead atoms. The number of ether oxygens (including phenoxy) is 2. The molecule has 1 heterocycles. The lowest BCUT2D eigenvalue weighted by atomic mass is 10.1. The van der Waals surface area contributed by atoms with E-state index in [0.29, 0.717) is 23.9 Å². The Morgan fingerprint density at radius 1 is 1.10 bits per heavy atom. The third-order valence-electron chi connectivity index (χ3n) is 3.97. The van der Waals surface area contributed by atoms with Gasteiger partial charge in [-0.3, -0.25) is 0 Å². The van der Waals surface area contributed by atoms with Gasteiger partial charge in [-0.25, -0.2) is 23.3 Å². The molecule has 150 valence electrons. The minimum Gasteiger partial charge on any atom is -0.465 e. The van der Waals surface area contributed by atoms with Gasteiger partial charge < -0.3 is 14.8 Å². The first-order valence-corrected chi connectivity index (χ1v) is 10.1. The third-order valence-corrected chi connectivity index (χ3v) is 4.88. The van der Waals surface area contributed by atoms with Crippen LogP contribution in [-0.4, -0.2) is 26.5 Å². The van der Waals surface area contributed by atoms with E-state index in [0.717, 1.165) is 5.56 Å². The molecule has 0 unspecified atom stereocenters. The van der Waals surface area contributed by atoms with E-state index >= 15 is 0 Å². The van der Waals surface area contributed by atoms with Crippen molar-refractivity contribution in [3.63, 3.8) is 0 Å². The largest absolute Gasteiger partial charge is 0.465 e. The number of carbonyl (C=O) groups excluding carboxylic acids is 1. The predicted molar refractivity (Wildman–Crippen MR) is 107 cm³/mol. The number of nitrogens with one attached hydrogen (secondary N) is 1. The van der Waals surface area contributed by atoms with Gasteiger partial charge in [-0.05, 0) is 35.9 Å². The molecule has 0 spiro atoms. The van der Waals surface area contributed by atoms with Gasteiger partial charge >= 0.3 is 5.97 Å². The third kappa shape index (κ3) is 5.31. The number of primary sulfonamides is 1. The molecule has 3 rings (SSSR count). The number of aromatic nitrogens is 1. The summed E-state index contributed by atoms with van der Waals surface area (Å²) in [6, 6.07) is 16.8. The average Bonchev–Trinajstić information content (AvgIpc) is 2.72. The Hall–Kier alpha value is -3.43. The summed E-state index contributed by atoms with van der Waals surface area (Å²) in [5, 5.41) is 8.21. The molecule has 3 N–H and O–H groups in total. The van der Waals surface area contributed by atoms with E-state index < -0.39 is 16.0 Å². The Bertz CT molecular complexity index is 1100. The number of pyridine rings is 1. The van der Waals surface area contributed by atoms with Crippen molar-refractivity contribution < 1.29 is 22.7 Å². The molecule has 0 radical (unpaired) electrons. The monoisotopic (exact) mass is 413 g/mol. The second-order valence-electron chi connectivity index (χ2n) is 6.02. The van der Waals surface area contributed by atoms with Crippen molar-refractivity contribution in [1.82, 2.24) is 4.98 Å². The number of sulfonamides is 1. The molecule has 1 aromatic heterocycles. The molecule has 9 heteroatoms. The van der Waals surface area contributed by atoms with Crippen LogP contribution >= 0.6 is 0 Å². The molecule has 0 saturated carbocycles. The molecular weight excluding hydrogens is 394 g/mol. The minimum absolute atomic E-state index is 0.0658. The van der Waals surface area contributed by atoms with E-state index in [2.05, 4.69) is 10.3 Å². The number of nitrogens with two attached hydrogens (primary N) is 1. The summed E-state index contributed by atoms with van der Waals surface area (Å²) in [7, 11) is -2.73. The lowest BCUT2D eigenvalue weighted by Crippen LogP contribution is -2.15. The fourth-order valence-corrected chi connectivity index (χ4v) is 3.06. The summed E-state index contributed by atoms with van der Waals surface area (Å²) in [5.41, 5.74) is 1.31. The number of benzene rings is 2. The SMILES string of the molecule is COC(=O)c1cc(S(N)(=O)=O)ccc1NCc1ccc(Oc2ccccc2)nc1. The highest BCUT2D eigenvalue weighted by Crippen LogP contribution is 2.22. The molecule has 0 aliphatic rings. The number of carbonyl (C=O) groups is 1. The van der Waals surface area contributed by atoms with Crippen LogP contribution in [0, 0.1) is 0 Å². The molecule has 8 nitrogen and oxygen atoms in total. The highest BCUT2D eigenvalue weighted by Gasteiger charge is 2.17.